The van der Waals surface area contributed by atoms with Crippen LogP contribution in [0.5, 0.6) is 0 Å². The largest absolute Gasteiger partial charge is 0.311 e. The van der Waals surface area contributed by atoms with Crippen molar-refractivity contribution in [1.29, 1.82) is 0 Å². The molecule has 4 nitrogen and oxygen atoms in total. The molecule has 1 heterocycles. The van der Waals surface area contributed by atoms with E-state index in [0.717, 1.165) is 13.0 Å². The van der Waals surface area contributed by atoms with Gasteiger partial charge in [0.1, 0.15) is 0 Å². The van der Waals surface area contributed by atoms with Gasteiger partial charge in [0.25, 0.3) is 5.91 Å². The Hall–Kier alpha value is -0.870. The van der Waals surface area contributed by atoms with Crippen LogP contribution in [0.3, 0.4) is 0 Å². The number of nitrogens with one attached hydrogen (secondary N) is 1. The minimum atomic E-state index is -0.129. The van der Waals surface area contributed by atoms with Gasteiger partial charge >= 0.3 is 0 Å². The van der Waals surface area contributed by atoms with Crippen molar-refractivity contribution < 1.29 is 9.63 Å². The van der Waals surface area contributed by atoms with Gasteiger partial charge in [-0.3, -0.25) is 9.63 Å². The summed E-state index contributed by atoms with van der Waals surface area (Å²) >= 11 is 0. The molecule has 0 aromatic rings. The molecule has 4 heteroatoms. The smallest absolute Gasteiger partial charge is 0.269 e. The molecular weight excluding hydrogens is 168 g/mol. The van der Waals surface area contributed by atoms with E-state index in [1.54, 1.807) is 13.1 Å². The molecule has 0 bridgehead atoms. The summed E-state index contributed by atoms with van der Waals surface area (Å²) in [5.74, 6) is -0.129. The van der Waals surface area contributed by atoms with Crippen molar-refractivity contribution in [1.82, 2.24) is 10.4 Å². The van der Waals surface area contributed by atoms with E-state index >= 15 is 0 Å². The molecule has 1 rings (SSSR count). The summed E-state index contributed by atoms with van der Waals surface area (Å²) in [6.07, 6.45) is 5.74. The molecule has 0 spiro atoms. The summed E-state index contributed by atoms with van der Waals surface area (Å²) in [4.78, 5) is 16.0. The fourth-order valence-electron chi connectivity index (χ4n) is 1.27. The molecule has 1 amide bonds. The molecule has 0 aliphatic carbocycles. The Kier molecular flexibility index (Phi) is 3.92. The first kappa shape index (κ1) is 10.2. The quantitative estimate of drug-likeness (QED) is 0.507. The van der Waals surface area contributed by atoms with Crippen LogP contribution in [0.2, 0.25) is 0 Å². The predicted octanol–water partition coefficient (Wildman–Crippen LogP) is 0.314. The molecule has 0 aromatic carbocycles. The topological polar surface area (TPSA) is 41.6 Å². The van der Waals surface area contributed by atoms with Crippen molar-refractivity contribution in [3.63, 3.8) is 0 Å². The summed E-state index contributed by atoms with van der Waals surface area (Å²) in [6.45, 7) is 1.04. The van der Waals surface area contributed by atoms with Gasteiger partial charge in [0.2, 0.25) is 0 Å². The molecule has 1 fully saturated rings. The normalized spacial score (nSPS) is 22.5. The second-order valence-electron chi connectivity index (χ2n) is 3.08. The molecule has 1 N–H and O–H groups in total. The second-order valence-corrected chi connectivity index (χ2v) is 3.08. The van der Waals surface area contributed by atoms with E-state index in [1.807, 2.05) is 6.08 Å². The lowest BCUT2D eigenvalue weighted by Crippen LogP contribution is -2.24. The van der Waals surface area contributed by atoms with E-state index in [9.17, 15) is 4.79 Å². The molecule has 1 atom stereocenters. The Morgan fingerprint density at radius 2 is 2.46 bits per heavy atom. The van der Waals surface area contributed by atoms with Crippen LogP contribution in [-0.4, -0.2) is 37.7 Å². The van der Waals surface area contributed by atoms with Crippen molar-refractivity contribution in [2.75, 3.05) is 20.7 Å². The van der Waals surface area contributed by atoms with Crippen molar-refractivity contribution in [2.24, 2.45) is 0 Å². The highest BCUT2D eigenvalue weighted by Crippen LogP contribution is 2.05. The molecule has 0 radical (unpaired) electrons. The maximum atomic E-state index is 11.2. The lowest BCUT2D eigenvalue weighted by Gasteiger charge is -2.10. The van der Waals surface area contributed by atoms with Gasteiger partial charge < -0.3 is 5.32 Å². The third-order valence-electron chi connectivity index (χ3n) is 2.15. The monoisotopic (exact) mass is 184 g/mol. The standard InChI is InChI=1S/C9H16N2O2/c1-11(13-2)9(12)6-5-8-4-3-7-10-8/h5-6,8,10H,3-4,7H2,1-2H3/b6-5+/t8-/m0/s1. The van der Waals surface area contributed by atoms with E-state index in [4.69, 9.17) is 4.84 Å². The van der Waals surface area contributed by atoms with Gasteiger partial charge in [-0.15, -0.1) is 0 Å². The molecule has 0 saturated carbocycles. The van der Waals surface area contributed by atoms with Crippen molar-refractivity contribution in [3.05, 3.63) is 12.2 Å². The summed E-state index contributed by atoms with van der Waals surface area (Å²) in [5, 5.41) is 4.47. The minimum Gasteiger partial charge on any atom is -0.311 e. The first-order valence-electron chi connectivity index (χ1n) is 4.47. The lowest BCUT2D eigenvalue weighted by atomic mass is 10.2. The van der Waals surface area contributed by atoms with Crippen LogP contribution in [0.25, 0.3) is 0 Å². The van der Waals surface area contributed by atoms with Crippen LogP contribution in [0.1, 0.15) is 12.8 Å². The van der Waals surface area contributed by atoms with Gasteiger partial charge in [0.05, 0.1) is 7.11 Å². The molecule has 0 aromatic heterocycles. The third-order valence-corrected chi connectivity index (χ3v) is 2.15. The number of carbonyl (C=O) groups is 1. The fraction of sp³-hybridized carbons (Fsp3) is 0.667. The number of carbonyl (C=O) groups excluding carboxylic acids is 1. The zero-order valence-electron chi connectivity index (χ0n) is 8.12. The Labute approximate surface area is 78.5 Å². The molecule has 0 unspecified atom stereocenters. The Morgan fingerprint density at radius 3 is 3.00 bits per heavy atom. The summed E-state index contributed by atoms with van der Waals surface area (Å²) in [7, 11) is 3.06. The van der Waals surface area contributed by atoms with E-state index in [1.165, 1.54) is 18.6 Å². The molecule has 1 aliphatic heterocycles. The Bertz CT molecular complexity index is 198. The summed E-state index contributed by atoms with van der Waals surface area (Å²) in [6, 6.07) is 0.356. The van der Waals surface area contributed by atoms with Gasteiger partial charge in [0, 0.05) is 19.2 Å². The highest BCUT2D eigenvalue weighted by Gasteiger charge is 2.11. The number of hydrogen-bond donors (Lipinski definition) is 1. The number of amides is 1. The first-order valence-corrected chi connectivity index (χ1v) is 4.47. The van der Waals surface area contributed by atoms with E-state index < -0.39 is 0 Å². The minimum absolute atomic E-state index is 0.129. The SMILES string of the molecule is CON(C)C(=O)/C=C/[C@@H]1CCCN1. The number of hydrogen-bond acceptors (Lipinski definition) is 3. The van der Waals surface area contributed by atoms with Crippen molar-refractivity contribution in [2.45, 2.75) is 18.9 Å². The zero-order valence-corrected chi connectivity index (χ0v) is 8.12. The van der Waals surface area contributed by atoms with Gasteiger partial charge in [-0.25, -0.2) is 5.06 Å². The highest BCUT2D eigenvalue weighted by atomic mass is 16.7. The third kappa shape index (κ3) is 3.16. The molecular formula is C9H16N2O2. The molecule has 1 aliphatic rings. The van der Waals surface area contributed by atoms with E-state index in [0.29, 0.717) is 6.04 Å². The van der Waals surface area contributed by atoms with E-state index in [-0.39, 0.29) is 5.91 Å². The lowest BCUT2D eigenvalue weighted by molar-refractivity contribution is -0.162. The zero-order chi connectivity index (χ0) is 9.68. The molecule has 13 heavy (non-hydrogen) atoms. The van der Waals surface area contributed by atoms with Crippen molar-refractivity contribution >= 4 is 5.91 Å². The van der Waals surface area contributed by atoms with Gasteiger partial charge in [-0.05, 0) is 19.4 Å². The van der Waals surface area contributed by atoms with Crippen LogP contribution in [-0.2, 0) is 9.63 Å². The highest BCUT2D eigenvalue weighted by molar-refractivity contribution is 5.86. The summed E-state index contributed by atoms with van der Waals surface area (Å²) in [5.41, 5.74) is 0. The number of hydroxylamine groups is 2. The Balaban J connectivity index is 2.33. The van der Waals surface area contributed by atoms with Gasteiger partial charge in [-0.1, -0.05) is 6.08 Å². The Morgan fingerprint density at radius 1 is 1.69 bits per heavy atom. The van der Waals surface area contributed by atoms with E-state index in [2.05, 4.69) is 5.32 Å². The van der Waals surface area contributed by atoms with Crippen LogP contribution >= 0.6 is 0 Å². The first-order chi connectivity index (χ1) is 6.24. The number of likely N-dealkylation sites (N-methyl/N-ethyl adjacent to an activating group) is 1. The average Bonchev–Trinajstić information content (AvgIpc) is 2.65. The van der Waals surface area contributed by atoms with Crippen LogP contribution in [0.4, 0.5) is 0 Å². The van der Waals surface area contributed by atoms with Gasteiger partial charge in [0.15, 0.2) is 0 Å². The van der Waals surface area contributed by atoms with Crippen LogP contribution in [0.15, 0.2) is 12.2 Å². The maximum Gasteiger partial charge on any atom is 0.269 e. The second kappa shape index (κ2) is 4.99. The number of rotatable bonds is 3. The van der Waals surface area contributed by atoms with Crippen molar-refractivity contribution in [3.8, 4) is 0 Å². The van der Waals surface area contributed by atoms with Gasteiger partial charge in [-0.2, -0.15) is 0 Å². The molecule has 1 saturated heterocycles. The van der Waals surface area contributed by atoms with Crippen LogP contribution < -0.4 is 5.32 Å². The average molecular weight is 184 g/mol. The number of nitrogens with zero attached hydrogens (tertiary/aromatic N) is 1. The maximum absolute atomic E-state index is 11.2. The predicted molar refractivity (Wildman–Crippen MR) is 49.9 cm³/mol. The summed E-state index contributed by atoms with van der Waals surface area (Å²) < 4.78 is 0. The fourth-order valence-corrected chi connectivity index (χ4v) is 1.27. The van der Waals surface area contributed by atoms with Crippen LogP contribution in [0, 0.1) is 0 Å². The molecule has 74 valence electrons.